The van der Waals surface area contributed by atoms with Crippen molar-refractivity contribution < 1.29 is 198 Å². The zero-order valence-electron chi connectivity index (χ0n) is 8.19. The van der Waals surface area contributed by atoms with E-state index in [4.69, 9.17) is 15.1 Å². The molecule has 0 fully saturated rings. The van der Waals surface area contributed by atoms with Gasteiger partial charge in [-0.05, 0) is 0 Å². The third-order valence-corrected chi connectivity index (χ3v) is 0.307. The van der Waals surface area contributed by atoms with Crippen LogP contribution in [0.2, 0.25) is 0 Å². The summed E-state index contributed by atoms with van der Waals surface area (Å²) in [6.45, 7) is 0. The van der Waals surface area contributed by atoms with Gasteiger partial charge >= 0.3 is 166 Å². The van der Waals surface area contributed by atoms with Gasteiger partial charge in [0, 0.05) is 9.05 Å². The molecular formula is C2BF2K3O7. The van der Waals surface area contributed by atoms with Crippen molar-refractivity contribution in [3.05, 3.63) is 0 Å². The Morgan fingerprint density at radius 1 is 0.867 bits per heavy atom. The molecule has 0 radical (unpaired) electrons. The maximum absolute atomic E-state index is 10.5. The SMILES string of the molecule is O=C(OF)C(=O)OF.[K+].[K+].[K+].[O-]B([O-])[O-]. The summed E-state index contributed by atoms with van der Waals surface area (Å²) in [6.07, 6.45) is 0. The maximum atomic E-state index is 10.5. The first-order chi connectivity index (χ1) is 5.45. The second kappa shape index (κ2) is 22.8. The summed E-state index contributed by atoms with van der Waals surface area (Å²) >= 11 is 0. The molecule has 0 saturated carbocycles. The van der Waals surface area contributed by atoms with Crippen LogP contribution in [0.3, 0.4) is 0 Å². The molecule has 0 unspecified atom stereocenters. The van der Waals surface area contributed by atoms with Gasteiger partial charge in [0.1, 0.15) is 0 Å². The quantitative estimate of drug-likeness (QED) is 0.321. The molecule has 0 atom stereocenters. The number of hydrogen-bond acceptors (Lipinski definition) is 7. The van der Waals surface area contributed by atoms with Gasteiger partial charge in [0.05, 0.1) is 0 Å². The first kappa shape index (κ1) is 31.2. The Bertz CT molecular complexity index is 142. The smallest absolute Gasteiger partial charge is 0.907 e. The standard InChI is InChI=1S/C2F2O4.BO3.3K/c3-7-1(5)2(6)8-4;2-1(3)4;;;/q;-3;3*+1. The molecule has 0 bridgehead atoms. The molecule has 13 heteroatoms. The minimum Gasteiger partial charge on any atom is -0.907 e. The second-order valence-corrected chi connectivity index (χ2v) is 1.02. The summed E-state index contributed by atoms with van der Waals surface area (Å²) in [6, 6.07) is 0. The molecule has 0 aromatic carbocycles. The predicted octanol–water partition coefficient (Wildman–Crippen LogP) is -13.1. The molecule has 0 spiro atoms. The van der Waals surface area contributed by atoms with Crippen LogP contribution in [-0.2, 0) is 19.5 Å². The Labute approximate surface area is 211 Å². The van der Waals surface area contributed by atoms with E-state index in [0.717, 1.165) is 0 Å². The summed E-state index contributed by atoms with van der Waals surface area (Å²) in [5, 5.41) is 25.2. The number of halogens is 2. The molecule has 0 heterocycles. The molecule has 70 valence electrons. The van der Waals surface area contributed by atoms with Crippen LogP contribution in [0, 0.1) is 0 Å². The van der Waals surface area contributed by atoms with Crippen molar-refractivity contribution in [3.63, 3.8) is 0 Å². The maximum Gasteiger partial charge on any atom is 1.00 e. The molecule has 0 aliphatic carbocycles. The van der Waals surface area contributed by atoms with Gasteiger partial charge in [-0.25, -0.2) is 19.5 Å². The second-order valence-electron chi connectivity index (χ2n) is 1.02. The van der Waals surface area contributed by atoms with Crippen LogP contribution in [0.4, 0.5) is 9.05 Å². The Morgan fingerprint density at radius 2 is 1.00 bits per heavy atom. The number of carbonyl (C=O) groups excluding carboxylic acids is 2. The summed E-state index contributed by atoms with van der Waals surface area (Å²) in [5.74, 6) is -4.04. The largest absolute Gasteiger partial charge is 1.00 e. The molecule has 0 rings (SSSR count). The van der Waals surface area contributed by atoms with Crippen LogP contribution in [-0.4, -0.2) is 19.3 Å². The van der Waals surface area contributed by atoms with Gasteiger partial charge in [-0.2, -0.15) is 0 Å². The van der Waals surface area contributed by atoms with Crippen molar-refractivity contribution in [2.24, 2.45) is 0 Å². The average Bonchev–Trinajstić information content (AvgIpc) is 2.00. The number of carbonyl (C=O) groups is 2. The molecule has 0 aromatic rings. The first-order valence-corrected chi connectivity index (χ1v) is 2.08. The van der Waals surface area contributed by atoms with Crippen LogP contribution in [0.15, 0.2) is 0 Å². The minimum absolute atomic E-state index is 0. The van der Waals surface area contributed by atoms with E-state index in [1.165, 1.54) is 0 Å². The van der Waals surface area contributed by atoms with E-state index in [9.17, 15) is 18.6 Å². The molecule has 0 aromatic heterocycles. The summed E-state index contributed by atoms with van der Waals surface area (Å²) < 4.78 is 21.0. The van der Waals surface area contributed by atoms with Crippen LogP contribution in [0.25, 0.3) is 0 Å². The van der Waals surface area contributed by atoms with Crippen LogP contribution < -0.4 is 169 Å². The fraction of sp³-hybridized carbons (Fsp3) is 0. The monoisotopic (exact) mass is 302 g/mol. The van der Waals surface area contributed by atoms with Crippen molar-refractivity contribution in [1.29, 1.82) is 0 Å². The van der Waals surface area contributed by atoms with Gasteiger partial charge in [-0.15, -0.1) is 0 Å². The molecule has 0 amide bonds. The Kier molecular flexibility index (Phi) is 47.4. The third kappa shape index (κ3) is 31.9. The number of rotatable bonds is 0. The molecule has 0 aliphatic heterocycles. The van der Waals surface area contributed by atoms with E-state index in [1.807, 2.05) is 0 Å². The third-order valence-electron chi connectivity index (χ3n) is 0.307. The average molecular weight is 302 g/mol. The molecule has 0 aliphatic rings. The zero-order chi connectivity index (χ0) is 10.1. The van der Waals surface area contributed by atoms with Gasteiger partial charge in [-0.1, -0.05) is 0 Å². The Balaban J connectivity index is -0.0000000424. The van der Waals surface area contributed by atoms with E-state index in [2.05, 4.69) is 9.88 Å². The molecule has 0 N–H and O–H groups in total. The minimum atomic E-state index is -2.92. The summed E-state index contributed by atoms with van der Waals surface area (Å²) in [7, 11) is -2.92. The van der Waals surface area contributed by atoms with Crippen LogP contribution in [0.1, 0.15) is 0 Å². The van der Waals surface area contributed by atoms with E-state index in [-0.39, 0.29) is 154 Å². The van der Waals surface area contributed by atoms with E-state index < -0.39 is 19.3 Å². The van der Waals surface area contributed by atoms with Gasteiger partial charge in [0.2, 0.25) is 0 Å². The van der Waals surface area contributed by atoms with Crippen LogP contribution in [0.5, 0.6) is 0 Å². The zero-order valence-corrected chi connectivity index (χ0v) is 17.6. The Hall–Kier alpha value is 3.65. The summed E-state index contributed by atoms with van der Waals surface area (Å²) in [4.78, 5) is 23.4. The topological polar surface area (TPSA) is 122 Å². The predicted molar refractivity (Wildman–Crippen MR) is 20.2 cm³/mol. The van der Waals surface area contributed by atoms with Crippen molar-refractivity contribution in [1.82, 2.24) is 0 Å². The molecule has 7 nitrogen and oxygen atoms in total. The summed E-state index contributed by atoms with van der Waals surface area (Å²) in [5.41, 5.74) is 0. The Morgan fingerprint density at radius 3 is 1.07 bits per heavy atom. The van der Waals surface area contributed by atoms with Crippen LogP contribution >= 0.6 is 0 Å². The molecular weight excluding hydrogens is 302 g/mol. The van der Waals surface area contributed by atoms with Crippen molar-refractivity contribution in [3.8, 4) is 0 Å². The normalized spacial score (nSPS) is 5.93. The van der Waals surface area contributed by atoms with Crippen molar-refractivity contribution in [2.75, 3.05) is 0 Å². The van der Waals surface area contributed by atoms with Gasteiger partial charge in [-0.3, -0.25) is 7.32 Å². The van der Waals surface area contributed by atoms with Gasteiger partial charge in [0.15, 0.2) is 0 Å². The van der Waals surface area contributed by atoms with E-state index in [1.54, 1.807) is 0 Å². The van der Waals surface area contributed by atoms with Crippen molar-refractivity contribution in [2.45, 2.75) is 0 Å². The molecule has 15 heavy (non-hydrogen) atoms. The first-order valence-electron chi connectivity index (χ1n) is 2.08. The van der Waals surface area contributed by atoms with E-state index >= 15 is 0 Å². The van der Waals surface area contributed by atoms with Gasteiger partial charge in [0.25, 0.3) is 0 Å². The van der Waals surface area contributed by atoms with E-state index in [0.29, 0.717) is 0 Å². The van der Waals surface area contributed by atoms with Crippen molar-refractivity contribution >= 4 is 19.3 Å². The van der Waals surface area contributed by atoms with Gasteiger partial charge < -0.3 is 15.1 Å². The fourth-order valence-corrected chi connectivity index (χ4v) is 0.0630. The fourth-order valence-electron chi connectivity index (χ4n) is 0.0630. The molecule has 0 saturated heterocycles. The number of hydrogen-bond donors (Lipinski definition) is 0.